The molecular weight excluding hydrogens is 322 g/mol. The molecule has 6 heteroatoms. The van der Waals surface area contributed by atoms with E-state index in [0.29, 0.717) is 36.5 Å². The number of benzene rings is 1. The Hall–Kier alpha value is -2.34. The maximum atomic E-state index is 12.8. The Morgan fingerprint density at radius 2 is 1.79 bits per heavy atom. The number of piperidine rings is 1. The summed E-state index contributed by atoms with van der Waals surface area (Å²) in [5.74, 6) is -0.436. The number of amides is 2. The van der Waals surface area contributed by atoms with E-state index in [1.807, 2.05) is 30.3 Å². The fraction of sp³-hybridized carbons (Fsp3) is 0.278. The monoisotopic (exact) mass is 341 g/mol. The predicted molar refractivity (Wildman–Crippen MR) is 92.6 cm³/mol. The molecule has 0 radical (unpaired) electrons. The lowest BCUT2D eigenvalue weighted by atomic mass is 9.96. The van der Waals surface area contributed by atoms with Gasteiger partial charge < -0.3 is 10.6 Å². The molecule has 24 heavy (non-hydrogen) atoms. The van der Waals surface area contributed by atoms with Crippen molar-refractivity contribution in [3.8, 4) is 0 Å². The molecule has 1 aliphatic heterocycles. The second-order valence-electron chi connectivity index (χ2n) is 5.74. The lowest BCUT2D eigenvalue weighted by molar-refractivity contribution is -0.123. The van der Waals surface area contributed by atoms with E-state index in [1.165, 1.54) is 11.8 Å². The minimum atomic E-state index is -0.274. The minimum Gasteiger partial charge on any atom is -0.369 e. The number of likely N-dealkylation sites (tertiary alicyclic amines) is 1. The van der Waals surface area contributed by atoms with Gasteiger partial charge in [0.1, 0.15) is 5.03 Å². The zero-order valence-electron chi connectivity index (χ0n) is 13.2. The highest BCUT2D eigenvalue weighted by Crippen LogP contribution is 2.29. The molecule has 0 atom stereocenters. The molecule has 1 aliphatic rings. The summed E-state index contributed by atoms with van der Waals surface area (Å²) in [6, 6.07) is 13.4. The minimum absolute atomic E-state index is 0.0375. The summed E-state index contributed by atoms with van der Waals surface area (Å²) >= 11 is 1.48. The van der Waals surface area contributed by atoms with E-state index in [0.717, 1.165) is 4.90 Å². The lowest BCUT2D eigenvalue weighted by Gasteiger charge is -2.30. The van der Waals surface area contributed by atoms with Crippen molar-refractivity contribution < 1.29 is 9.59 Å². The third-order valence-corrected chi connectivity index (χ3v) is 5.17. The van der Waals surface area contributed by atoms with Gasteiger partial charge in [-0.25, -0.2) is 4.98 Å². The van der Waals surface area contributed by atoms with Crippen LogP contribution in [0.25, 0.3) is 0 Å². The molecule has 2 amide bonds. The van der Waals surface area contributed by atoms with Gasteiger partial charge in [-0.15, -0.1) is 0 Å². The Morgan fingerprint density at radius 3 is 2.46 bits per heavy atom. The molecule has 1 saturated heterocycles. The number of hydrogen-bond acceptors (Lipinski definition) is 4. The smallest absolute Gasteiger partial charge is 0.256 e. The highest BCUT2D eigenvalue weighted by molar-refractivity contribution is 7.99. The summed E-state index contributed by atoms with van der Waals surface area (Å²) in [5.41, 5.74) is 5.95. The summed E-state index contributed by atoms with van der Waals surface area (Å²) in [6.45, 7) is 1.10. The molecule has 2 aromatic rings. The number of pyridine rings is 1. The third-order valence-electron chi connectivity index (χ3n) is 4.14. The number of carbonyl (C=O) groups excluding carboxylic acids is 2. The van der Waals surface area contributed by atoms with Gasteiger partial charge in [0.05, 0.1) is 5.56 Å². The standard InChI is InChI=1S/C18H19N3O2S/c19-16(22)13-8-11-21(12-9-13)18(23)15-7-4-10-20-17(15)24-14-5-2-1-3-6-14/h1-7,10,13H,8-9,11-12H2,(H2,19,22). The number of nitrogens with zero attached hydrogens (tertiary/aromatic N) is 2. The molecule has 1 aromatic heterocycles. The molecule has 0 unspecified atom stereocenters. The average Bonchev–Trinajstić information content (AvgIpc) is 2.62. The van der Waals surface area contributed by atoms with Crippen LogP contribution in [-0.4, -0.2) is 34.8 Å². The molecule has 124 valence electrons. The fourth-order valence-corrected chi connectivity index (χ4v) is 3.67. The van der Waals surface area contributed by atoms with E-state index in [-0.39, 0.29) is 17.7 Å². The van der Waals surface area contributed by atoms with Gasteiger partial charge in [0, 0.05) is 30.1 Å². The third kappa shape index (κ3) is 3.76. The summed E-state index contributed by atoms with van der Waals surface area (Å²) in [6.07, 6.45) is 2.95. The van der Waals surface area contributed by atoms with Crippen LogP contribution in [0.5, 0.6) is 0 Å². The van der Waals surface area contributed by atoms with Crippen molar-refractivity contribution in [2.24, 2.45) is 11.7 Å². The fourth-order valence-electron chi connectivity index (χ4n) is 2.77. The van der Waals surface area contributed by atoms with Crippen molar-refractivity contribution in [1.29, 1.82) is 0 Å². The van der Waals surface area contributed by atoms with Gasteiger partial charge >= 0.3 is 0 Å². The van der Waals surface area contributed by atoms with Crippen LogP contribution in [0.15, 0.2) is 58.6 Å². The highest BCUT2D eigenvalue weighted by Gasteiger charge is 2.27. The first-order chi connectivity index (χ1) is 11.6. The SMILES string of the molecule is NC(=O)C1CCN(C(=O)c2cccnc2Sc2ccccc2)CC1. The molecular formula is C18H19N3O2S. The van der Waals surface area contributed by atoms with Crippen molar-refractivity contribution in [2.75, 3.05) is 13.1 Å². The number of primary amides is 1. The number of nitrogens with two attached hydrogens (primary N) is 1. The van der Waals surface area contributed by atoms with Gasteiger partial charge in [0.15, 0.2) is 0 Å². The van der Waals surface area contributed by atoms with Crippen LogP contribution in [0.3, 0.4) is 0 Å². The molecule has 0 aliphatic carbocycles. The first-order valence-electron chi connectivity index (χ1n) is 7.91. The van der Waals surface area contributed by atoms with E-state index in [1.54, 1.807) is 23.2 Å². The van der Waals surface area contributed by atoms with Crippen molar-refractivity contribution in [1.82, 2.24) is 9.88 Å². The summed E-state index contributed by atoms with van der Waals surface area (Å²) in [5, 5.41) is 0.700. The van der Waals surface area contributed by atoms with E-state index in [2.05, 4.69) is 4.98 Å². The molecule has 1 fully saturated rings. The maximum Gasteiger partial charge on any atom is 0.256 e. The molecule has 0 bridgehead atoms. The molecule has 5 nitrogen and oxygen atoms in total. The van der Waals surface area contributed by atoms with Crippen LogP contribution >= 0.6 is 11.8 Å². The van der Waals surface area contributed by atoms with Crippen LogP contribution in [0, 0.1) is 5.92 Å². The number of rotatable bonds is 4. The molecule has 0 spiro atoms. The highest BCUT2D eigenvalue weighted by atomic mass is 32.2. The van der Waals surface area contributed by atoms with Gasteiger partial charge in [-0.3, -0.25) is 9.59 Å². The van der Waals surface area contributed by atoms with Gasteiger partial charge in [-0.05, 0) is 37.1 Å². The Balaban J connectivity index is 1.75. The first kappa shape index (κ1) is 16.5. The van der Waals surface area contributed by atoms with E-state index < -0.39 is 0 Å². The molecule has 2 N–H and O–H groups in total. The van der Waals surface area contributed by atoms with Gasteiger partial charge in [0.25, 0.3) is 5.91 Å². The second-order valence-corrected chi connectivity index (χ2v) is 6.80. The predicted octanol–water partition coefficient (Wildman–Crippen LogP) is 2.57. The summed E-state index contributed by atoms with van der Waals surface area (Å²) in [7, 11) is 0. The van der Waals surface area contributed by atoms with Crippen LogP contribution in [0.1, 0.15) is 23.2 Å². The number of aromatic nitrogens is 1. The Kier molecular flexibility index (Phi) is 5.15. The van der Waals surface area contributed by atoms with E-state index >= 15 is 0 Å². The molecule has 0 saturated carbocycles. The van der Waals surface area contributed by atoms with Crippen molar-refractivity contribution in [2.45, 2.75) is 22.8 Å². The van der Waals surface area contributed by atoms with E-state index in [9.17, 15) is 9.59 Å². The Labute approximate surface area is 145 Å². The first-order valence-corrected chi connectivity index (χ1v) is 8.73. The summed E-state index contributed by atoms with van der Waals surface area (Å²) < 4.78 is 0. The van der Waals surface area contributed by atoms with Crippen LogP contribution in [-0.2, 0) is 4.79 Å². The second kappa shape index (κ2) is 7.49. The lowest BCUT2D eigenvalue weighted by Crippen LogP contribution is -2.41. The van der Waals surface area contributed by atoms with Crippen LogP contribution in [0.4, 0.5) is 0 Å². The van der Waals surface area contributed by atoms with E-state index in [4.69, 9.17) is 5.73 Å². The summed E-state index contributed by atoms with van der Waals surface area (Å²) in [4.78, 5) is 31.3. The van der Waals surface area contributed by atoms with Crippen molar-refractivity contribution in [3.63, 3.8) is 0 Å². The Morgan fingerprint density at radius 1 is 1.08 bits per heavy atom. The Bertz CT molecular complexity index is 728. The topological polar surface area (TPSA) is 76.3 Å². The normalized spacial score (nSPS) is 15.2. The quantitative estimate of drug-likeness (QED) is 0.927. The van der Waals surface area contributed by atoms with Crippen LogP contribution in [0.2, 0.25) is 0 Å². The number of carbonyl (C=O) groups is 2. The molecule has 1 aromatic carbocycles. The largest absolute Gasteiger partial charge is 0.369 e. The molecule has 3 rings (SSSR count). The van der Waals surface area contributed by atoms with Crippen molar-refractivity contribution >= 4 is 23.6 Å². The zero-order chi connectivity index (χ0) is 16.9. The number of hydrogen-bond donors (Lipinski definition) is 1. The van der Waals surface area contributed by atoms with Crippen LogP contribution < -0.4 is 5.73 Å². The van der Waals surface area contributed by atoms with Gasteiger partial charge in [-0.1, -0.05) is 30.0 Å². The van der Waals surface area contributed by atoms with Gasteiger partial charge in [0.2, 0.25) is 5.91 Å². The van der Waals surface area contributed by atoms with Gasteiger partial charge in [-0.2, -0.15) is 0 Å². The zero-order valence-corrected chi connectivity index (χ0v) is 14.0. The van der Waals surface area contributed by atoms with Crippen molar-refractivity contribution in [3.05, 3.63) is 54.2 Å². The average molecular weight is 341 g/mol. The maximum absolute atomic E-state index is 12.8. The molecule has 2 heterocycles.